The van der Waals surface area contributed by atoms with Crippen LogP contribution in [-0.4, -0.2) is 37.9 Å². The molecule has 0 atom stereocenters. The van der Waals surface area contributed by atoms with Gasteiger partial charge in [0.1, 0.15) is 5.75 Å². The number of hydrogen-bond acceptors (Lipinski definition) is 4. The summed E-state index contributed by atoms with van der Waals surface area (Å²) in [5, 5.41) is 0. The molecule has 105 valence electrons. The smallest absolute Gasteiger partial charge is 0.243 e. The summed E-state index contributed by atoms with van der Waals surface area (Å²) in [7, 11) is -1.86. The van der Waals surface area contributed by atoms with E-state index in [0.717, 1.165) is 22.6 Å². The highest BCUT2D eigenvalue weighted by Gasteiger charge is 2.29. The minimum Gasteiger partial charge on any atom is -0.497 e. The van der Waals surface area contributed by atoms with Crippen molar-refractivity contribution in [1.29, 1.82) is 0 Å². The molecule has 0 bridgehead atoms. The fourth-order valence-electron chi connectivity index (χ4n) is 2.24. The fraction of sp³-hybridized carbons (Fsp3) is 0.462. The van der Waals surface area contributed by atoms with E-state index < -0.39 is 10.0 Å². The summed E-state index contributed by atoms with van der Waals surface area (Å²) in [5.41, 5.74) is 1.45. The lowest BCUT2D eigenvalue weighted by Gasteiger charge is -2.26. The van der Waals surface area contributed by atoms with Crippen LogP contribution >= 0.6 is 11.8 Å². The molecule has 1 fully saturated rings. The molecule has 19 heavy (non-hydrogen) atoms. The maximum Gasteiger partial charge on any atom is 0.243 e. The van der Waals surface area contributed by atoms with Crippen molar-refractivity contribution in [3.05, 3.63) is 29.8 Å². The molecule has 1 heterocycles. The van der Waals surface area contributed by atoms with E-state index in [9.17, 15) is 8.42 Å². The first-order valence-corrected chi connectivity index (χ1v) is 8.64. The van der Waals surface area contributed by atoms with Gasteiger partial charge in [-0.25, -0.2) is 8.42 Å². The van der Waals surface area contributed by atoms with Crippen LogP contribution in [0.1, 0.15) is 11.1 Å². The topological polar surface area (TPSA) is 46.6 Å². The standard InChI is InChI=1S/C13H18NO3S2/c1-10-8-12(17-3)9-11(2)13(10)19(15,16)14-4-6-18-7-5-14/h4,8-9H,5-7H2,1-3H3. The number of thioether (sulfide) groups is 1. The number of benzene rings is 1. The summed E-state index contributed by atoms with van der Waals surface area (Å²) in [6, 6.07) is 3.52. The van der Waals surface area contributed by atoms with Crippen LogP contribution in [0.4, 0.5) is 0 Å². The lowest BCUT2D eigenvalue weighted by atomic mass is 10.1. The summed E-state index contributed by atoms with van der Waals surface area (Å²) in [4.78, 5) is 0.399. The molecule has 1 aliphatic heterocycles. The molecule has 1 aliphatic rings. The Bertz CT molecular complexity index is 540. The van der Waals surface area contributed by atoms with E-state index >= 15 is 0 Å². The maximum atomic E-state index is 12.7. The van der Waals surface area contributed by atoms with Gasteiger partial charge < -0.3 is 4.74 Å². The van der Waals surface area contributed by atoms with E-state index in [-0.39, 0.29) is 0 Å². The van der Waals surface area contributed by atoms with Gasteiger partial charge in [0.25, 0.3) is 0 Å². The molecule has 0 spiro atoms. The molecule has 0 aromatic heterocycles. The molecule has 0 unspecified atom stereocenters. The van der Waals surface area contributed by atoms with Gasteiger partial charge in [-0.3, -0.25) is 0 Å². The van der Waals surface area contributed by atoms with Crippen LogP contribution in [0.15, 0.2) is 17.0 Å². The highest BCUT2D eigenvalue weighted by molar-refractivity contribution is 7.99. The quantitative estimate of drug-likeness (QED) is 0.858. The van der Waals surface area contributed by atoms with Gasteiger partial charge >= 0.3 is 0 Å². The monoisotopic (exact) mass is 300 g/mol. The van der Waals surface area contributed by atoms with Gasteiger partial charge in [0.2, 0.25) is 10.0 Å². The van der Waals surface area contributed by atoms with Crippen LogP contribution in [0.2, 0.25) is 0 Å². The number of nitrogens with zero attached hydrogens (tertiary/aromatic N) is 1. The van der Waals surface area contributed by atoms with Gasteiger partial charge in [-0.05, 0) is 37.1 Å². The molecule has 0 amide bonds. The lowest BCUT2D eigenvalue weighted by Crippen LogP contribution is -2.35. The lowest BCUT2D eigenvalue weighted by molar-refractivity contribution is 0.413. The third-order valence-electron chi connectivity index (χ3n) is 3.09. The number of sulfonamides is 1. The highest BCUT2D eigenvalue weighted by Crippen LogP contribution is 2.30. The second kappa shape index (κ2) is 5.73. The van der Waals surface area contributed by atoms with Crippen molar-refractivity contribution in [2.75, 3.05) is 25.2 Å². The predicted octanol–water partition coefficient (Wildman–Crippen LogP) is 2.21. The van der Waals surface area contributed by atoms with Crippen molar-refractivity contribution in [3.8, 4) is 5.75 Å². The Morgan fingerprint density at radius 3 is 2.37 bits per heavy atom. The molecule has 0 saturated carbocycles. The summed E-state index contributed by atoms with van der Waals surface area (Å²) >= 11 is 1.74. The van der Waals surface area contributed by atoms with Gasteiger partial charge in [0.05, 0.1) is 18.6 Å². The molecule has 6 heteroatoms. The first-order chi connectivity index (χ1) is 8.96. The van der Waals surface area contributed by atoms with Crippen LogP contribution in [-0.2, 0) is 10.0 Å². The normalized spacial score (nSPS) is 17.4. The zero-order valence-corrected chi connectivity index (χ0v) is 13.0. The Labute approximate surface area is 119 Å². The van der Waals surface area contributed by atoms with E-state index in [0.29, 0.717) is 17.2 Å². The number of rotatable bonds is 3. The van der Waals surface area contributed by atoms with E-state index in [4.69, 9.17) is 4.74 Å². The minimum atomic E-state index is -3.44. The van der Waals surface area contributed by atoms with E-state index in [1.165, 1.54) is 4.31 Å². The zero-order valence-electron chi connectivity index (χ0n) is 11.3. The number of ether oxygens (including phenoxy) is 1. The number of aryl methyl sites for hydroxylation is 2. The molecule has 0 N–H and O–H groups in total. The summed E-state index contributed by atoms with van der Waals surface area (Å²) in [5.74, 6) is 2.27. The molecule has 1 aromatic rings. The van der Waals surface area contributed by atoms with Crippen molar-refractivity contribution >= 4 is 21.8 Å². The predicted molar refractivity (Wildman–Crippen MR) is 78.0 cm³/mol. The average Bonchev–Trinajstić information content (AvgIpc) is 2.38. The van der Waals surface area contributed by atoms with Crippen LogP contribution < -0.4 is 4.74 Å². The van der Waals surface area contributed by atoms with Crippen molar-refractivity contribution in [3.63, 3.8) is 0 Å². The Kier molecular flexibility index (Phi) is 4.43. The van der Waals surface area contributed by atoms with Crippen molar-refractivity contribution in [1.82, 2.24) is 4.31 Å². The first kappa shape index (κ1) is 14.7. The first-order valence-electron chi connectivity index (χ1n) is 6.05. The molecular formula is C13H18NO3S2. The Balaban J connectivity index is 2.45. The minimum absolute atomic E-state index is 0.399. The van der Waals surface area contributed by atoms with Gasteiger partial charge in [0.15, 0.2) is 0 Å². The van der Waals surface area contributed by atoms with Gasteiger partial charge in [-0.1, -0.05) is 0 Å². The van der Waals surface area contributed by atoms with Gasteiger partial charge in [-0.15, -0.1) is 0 Å². The van der Waals surface area contributed by atoms with E-state index in [1.807, 2.05) is 0 Å². The molecule has 1 saturated heterocycles. The Morgan fingerprint density at radius 1 is 1.26 bits per heavy atom. The SMILES string of the molecule is COc1cc(C)c(S(=O)(=O)N2[CH]CSCC2)c(C)c1. The van der Waals surface area contributed by atoms with Crippen LogP contribution in [0.5, 0.6) is 5.75 Å². The Morgan fingerprint density at radius 2 is 1.89 bits per heavy atom. The number of methoxy groups -OCH3 is 1. The van der Waals surface area contributed by atoms with Gasteiger partial charge in [-0.2, -0.15) is 16.1 Å². The van der Waals surface area contributed by atoms with Crippen LogP contribution in [0.25, 0.3) is 0 Å². The van der Waals surface area contributed by atoms with E-state index in [1.54, 1.807) is 51.4 Å². The third kappa shape index (κ3) is 2.90. The van der Waals surface area contributed by atoms with Crippen LogP contribution in [0.3, 0.4) is 0 Å². The summed E-state index contributed by atoms with van der Waals surface area (Å²) in [6.45, 7) is 5.91. The molecule has 1 radical (unpaired) electrons. The van der Waals surface area contributed by atoms with Gasteiger partial charge in [0, 0.05) is 18.1 Å². The van der Waals surface area contributed by atoms with Crippen LogP contribution in [0, 0.1) is 20.4 Å². The summed E-state index contributed by atoms with van der Waals surface area (Å²) < 4.78 is 32.0. The molecule has 2 rings (SSSR count). The van der Waals surface area contributed by atoms with E-state index in [2.05, 4.69) is 0 Å². The Hall–Kier alpha value is -0.720. The molecule has 4 nitrogen and oxygen atoms in total. The molecule has 1 aromatic carbocycles. The van der Waals surface area contributed by atoms with Crippen molar-refractivity contribution in [2.24, 2.45) is 0 Å². The fourth-order valence-corrected chi connectivity index (χ4v) is 4.99. The molecule has 0 aliphatic carbocycles. The van der Waals surface area contributed by atoms with Crippen molar-refractivity contribution < 1.29 is 13.2 Å². The maximum absolute atomic E-state index is 12.7. The third-order valence-corrected chi connectivity index (χ3v) is 6.05. The molecular weight excluding hydrogens is 282 g/mol. The second-order valence-electron chi connectivity index (χ2n) is 4.46. The number of hydrogen-bond donors (Lipinski definition) is 0. The van der Waals surface area contributed by atoms with Crippen molar-refractivity contribution in [2.45, 2.75) is 18.7 Å². The average molecular weight is 300 g/mol. The second-order valence-corrected chi connectivity index (χ2v) is 7.44. The summed E-state index contributed by atoms with van der Waals surface area (Å²) in [6.07, 6.45) is 0. The zero-order chi connectivity index (χ0) is 14.0. The largest absolute Gasteiger partial charge is 0.497 e. The highest BCUT2D eigenvalue weighted by atomic mass is 32.2.